The number of allylic oxidation sites excluding steroid dienone is 8. The van der Waals surface area contributed by atoms with E-state index in [0.29, 0.717) is 0 Å². The van der Waals surface area contributed by atoms with E-state index in [2.05, 4.69) is 49.4 Å². The molecule has 0 N–H and O–H groups in total. The lowest BCUT2D eigenvalue weighted by Gasteiger charge is -2.29. The topological polar surface area (TPSA) is 20.3 Å². The van der Waals surface area contributed by atoms with Gasteiger partial charge in [0.25, 0.3) is 0 Å². The fraction of sp³-hybridized carbons (Fsp3) is 0.154. The van der Waals surface area contributed by atoms with E-state index in [1.807, 2.05) is 72.8 Å². The Kier molecular flexibility index (Phi) is 5.67. The van der Waals surface area contributed by atoms with Gasteiger partial charge in [0.2, 0.25) is 0 Å². The van der Waals surface area contributed by atoms with Crippen LogP contribution in [0.4, 0.5) is 0 Å². The minimum absolute atomic E-state index is 0.188. The Morgan fingerprint density at radius 3 is 2.03 bits per heavy atom. The second-order valence-corrected chi connectivity index (χ2v) is 10.6. The smallest absolute Gasteiger partial charge is 0.154 e. The van der Waals surface area contributed by atoms with Crippen molar-refractivity contribution in [1.29, 1.82) is 0 Å². The first-order valence-corrected chi connectivity index (χ1v) is 11.7. The summed E-state index contributed by atoms with van der Waals surface area (Å²) in [6.45, 7) is 0.895. The summed E-state index contributed by atoms with van der Waals surface area (Å²) in [7, 11) is 1.22. The zero-order valence-corrected chi connectivity index (χ0v) is 17.8. The van der Waals surface area contributed by atoms with Crippen LogP contribution < -0.4 is 10.6 Å². The first-order valence-electron chi connectivity index (χ1n) is 9.92. The number of likely N-dealkylation sites (N-methyl/N-ethyl adjacent to an activating group) is 1. The number of rotatable bonds is 5. The van der Waals surface area contributed by atoms with Gasteiger partial charge in [0, 0.05) is 17.2 Å². The van der Waals surface area contributed by atoms with E-state index in [1.165, 1.54) is 5.57 Å². The molecule has 3 heteroatoms. The molecule has 0 spiro atoms. The molecule has 2 aromatic rings. The first-order chi connectivity index (χ1) is 14.1. The number of hydrogen-bond donors (Lipinski definition) is 0. The standard InChI is InChI=1S/C26H26NOP/c1-27(2)20-21-17-18-22(19-21)25-15-9-10-16-26(25)29(28,23-11-5-3-6-12-23)24-13-7-4-8-14-24/h3-19,26H,20H2,1-2H3/b25-22-. The Bertz CT molecular complexity index is 1030. The summed E-state index contributed by atoms with van der Waals surface area (Å²) in [6, 6.07) is 19.9. The van der Waals surface area contributed by atoms with Crippen LogP contribution in [-0.2, 0) is 4.57 Å². The van der Waals surface area contributed by atoms with Crippen molar-refractivity contribution in [3.8, 4) is 0 Å². The minimum Gasteiger partial charge on any atom is -0.313 e. The van der Waals surface area contributed by atoms with Gasteiger partial charge in [-0.1, -0.05) is 103 Å². The SMILES string of the molecule is CN(C)CC1=C/C(=C2/C=CC=CC2P(=O)(c2ccccc2)c2ccccc2)C=C1. The predicted octanol–water partition coefficient (Wildman–Crippen LogP) is 4.85. The van der Waals surface area contributed by atoms with E-state index < -0.39 is 7.14 Å². The molecule has 29 heavy (non-hydrogen) atoms. The maximum Gasteiger partial charge on any atom is 0.154 e. The van der Waals surface area contributed by atoms with Crippen LogP contribution in [0.5, 0.6) is 0 Å². The molecule has 0 fully saturated rings. The predicted molar refractivity (Wildman–Crippen MR) is 125 cm³/mol. The molecule has 0 aromatic heterocycles. The number of benzene rings is 2. The van der Waals surface area contributed by atoms with Crippen molar-refractivity contribution in [3.05, 3.63) is 120 Å². The normalized spacial score (nSPS) is 21.1. The van der Waals surface area contributed by atoms with Gasteiger partial charge in [-0.25, -0.2) is 0 Å². The van der Waals surface area contributed by atoms with Gasteiger partial charge in [-0.3, -0.25) is 0 Å². The van der Waals surface area contributed by atoms with Crippen molar-refractivity contribution in [2.75, 3.05) is 20.6 Å². The van der Waals surface area contributed by atoms with E-state index in [9.17, 15) is 4.57 Å². The van der Waals surface area contributed by atoms with Crippen LogP contribution in [0.15, 0.2) is 120 Å². The summed E-state index contributed by atoms with van der Waals surface area (Å²) in [5, 5.41) is 1.79. The van der Waals surface area contributed by atoms with Crippen LogP contribution in [0.3, 0.4) is 0 Å². The highest BCUT2D eigenvalue weighted by atomic mass is 31.2. The fourth-order valence-electron chi connectivity index (χ4n) is 4.02. The highest BCUT2D eigenvalue weighted by Gasteiger charge is 2.38. The first kappa shape index (κ1) is 19.6. The van der Waals surface area contributed by atoms with Crippen molar-refractivity contribution < 1.29 is 4.57 Å². The molecule has 2 aromatic carbocycles. The minimum atomic E-state index is -2.92. The van der Waals surface area contributed by atoms with Crippen LogP contribution in [0, 0.1) is 0 Å². The summed E-state index contributed by atoms with van der Waals surface area (Å²) in [4.78, 5) is 2.16. The molecule has 0 saturated carbocycles. The average Bonchev–Trinajstić information content (AvgIpc) is 3.22. The molecular formula is C26H26NOP. The summed E-state index contributed by atoms with van der Waals surface area (Å²) in [6.07, 6.45) is 14.9. The molecule has 2 nitrogen and oxygen atoms in total. The molecule has 1 atom stereocenters. The summed E-state index contributed by atoms with van der Waals surface area (Å²) in [5.41, 5.74) is 3.36. The fourth-order valence-corrected chi connectivity index (χ4v) is 7.16. The number of hydrogen-bond acceptors (Lipinski definition) is 2. The van der Waals surface area contributed by atoms with Crippen molar-refractivity contribution in [3.63, 3.8) is 0 Å². The van der Waals surface area contributed by atoms with Gasteiger partial charge >= 0.3 is 0 Å². The second-order valence-electron chi connectivity index (χ2n) is 7.72. The van der Waals surface area contributed by atoms with Crippen molar-refractivity contribution in [1.82, 2.24) is 4.90 Å². The largest absolute Gasteiger partial charge is 0.313 e. The lowest BCUT2D eigenvalue weighted by molar-refractivity contribution is 0.449. The molecule has 0 bridgehead atoms. The van der Waals surface area contributed by atoms with E-state index in [0.717, 1.165) is 28.3 Å². The van der Waals surface area contributed by atoms with E-state index in [4.69, 9.17) is 0 Å². The van der Waals surface area contributed by atoms with Crippen LogP contribution >= 0.6 is 7.14 Å². The summed E-state index contributed by atoms with van der Waals surface area (Å²) >= 11 is 0. The second kappa shape index (κ2) is 8.37. The Balaban J connectivity index is 1.87. The molecule has 0 radical (unpaired) electrons. The van der Waals surface area contributed by atoms with Gasteiger partial charge in [-0.15, -0.1) is 0 Å². The average molecular weight is 399 g/mol. The molecule has 0 heterocycles. The molecular weight excluding hydrogens is 373 g/mol. The highest BCUT2D eigenvalue weighted by Crippen LogP contribution is 2.53. The van der Waals surface area contributed by atoms with Gasteiger partial charge in [-0.2, -0.15) is 0 Å². The maximum atomic E-state index is 14.8. The van der Waals surface area contributed by atoms with Crippen LogP contribution in [0.25, 0.3) is 0 Å². The van der Waals surface area contributed by atoms with E-state index >= 15 is 0 Å². The van der Waals surface area contributed by atoms with Gasteiger partial charge in [-0.05, 0) is 30.8 Å². The van der Waals surface area contributed by atoms with Gasteiger partial charge in [0.05, 0.1) is 5.66 Å². The van der Waals surface area contributed by atoms with Crippen molar-refractivity contribution in [2.24, 2.45) is 0 Å². The molecule has 2 aliphatic rings. The third-order valence-corrected chi connectivity index (χ3v) is 8.68. The van der Waals surface area contributed by atoms with Crippen LogP contribution in [0.2, 0.25) is 0 Å². The Morgan fingerprint density at radius 2 is 1.45 bits per heavy atom. The molecule has 1 unspecified atom stereocenters. The lowest BCUT2D eigenvalue weighted by atomic mass is 10.0. The van der Waals surface area contributed by atoms with Gasteiger partial charge in [0.1, 0.15) is 0 Å². The zero-order chi connectivity index (χ0) is 20.3. The maximum absolute atomic E-state index is 14.8. The molecule has 0 aliphatic heterocycles. The molecule has 2 aliphatic carbocycles. The van der Waals surface area contributed by atoms with Crippen molar-refractivity contribution in [2.45, 2.75) is 5.66 Å². The molecule has 0 saturated heterocycles. The number of nitrogens with zero attached hydrogens (tertiary/aromatic N) is 1. The van der Waals surface area contributed by atoms with E-state index in [-0.39, 0.29) is 5.66 Å². The molecule has 0 amide bonds. The molecule has 146 valence electrons. The van der Waals surface area contributed by atoms with E-state index in [1.54, 1.807) is 0 Å². The van der Waals surface area contributed by atoms with Gasteiger partial charge in [0.15, 0.2) is 7.14 Å². The highest BCUT2D eigenvalue weighted by molar-refractivity contribution is 7.79. The third-order valence-electron chi connectivity index (χ3n) is 5.32. The van der Waals surface area contributed by atoms with Crippen molar-refractivity contribution >= 4 is 17.8 Å². The molecule has 4 rings (SSSR count). The Hall–Kier alpha value is -2.67. The summed E-state index contributed by atoms with van der Waals surface area (Å²) in [5.74, 6) is 0. The van der Waals surface area contributed by atoms with Crippen LogP contribution in [0.1, 0.15) is 0 Å². The quantitative estimate of drug-likeness (QED) is 0.670. The Morgan fingerprint density at radius 1 is 0.828 bits per heavy atom. The zero-order valence-electron chi connectivity index (χ0n) is 16.9. The lowest BCUT2D eigenvalue weighted by Crippen LogP contribution is -2.27. The van der Waals surface area contributed by atoms with Crippen LogP contribution in [-0.4, -0.2) is 31.2 Å². The van der Waals surface area contributed by atoms with Gasteiger partial charge < -0.3 is 9.46 Å². The Labute approximate surface area is 173 Å². The monoisotopic (exact) mass is 399 g/mol. The third kappa shape index (κ3) is 3.92. The summed E-state index contributed by atoms with van der Waals surface area (Å²) < 4.78 is 14.8.